The molecule has 0 N–H and O–H groups in total. The number of aromatic nitrogens is 1. The summed E-state index contributed by atoms with van der Waals surface area (Å²) in [6.45, 7) is 0. The van der Waals surface area contributed by atoms with Gasteiger partial charge in [-0.2, -0.15) is 4.99 Å². The number of fused-ring (bicyclic) bond motifs is 1. The average Bonchev–Trinajstić information content (AvgIpc) is 2.84. The molecule has 0 saturated heterocycles. The van der Waals surface area contributed by atoms with Gasteiger partial charge in [0.1, 0.15) is 5.75 Å². The van der Waals surface area contributed by atoms with E-state index in [-0.39, 0.29) is 5.91 Å². The highest BCUT2D eigenvalue weighted by molar-refractivity contribution is 9.10. The van der Waals surface area contributed by atoms with E-state index < -0.39 is 0 Å². The molecule has 0 saturated carbocycles. The van der Waals surface area contributed by atoms with Crippen LogP contribution in [0.5, 0.6) is 5.75 Å². The Morgan fingerprint density at radius 3 is 2.77 bits per heavy atom. The number of hydrogen-bond acceptors (Lipinski definition) is 3. The van der Waals surface area contributed by atoms with Gasteiger partial charge in [-0.1, -0.05) is 23.5 Å². The summed E-state index contributed by atoms with van der Waals surface area (Å²) in [6, 6.07) is 13.2. The first-order chi connectivity index (χ1) is 10.6. The highest BCUT2D eigenvalue weighted by Gasteiger charge is 2.11. The van der Waals surface area contributed by atoms with Crippen LogP contribution < -0.4 is 9.54 Å². The summed E-state index contributed by atoms with van der Waals surface area (Å²) in [5, 5.41) is 0. The fraction of sp³-hybridized carbons (Fsp3) is 0.125. The van der Waals surface area contributed by atoms with E-state index in [9.17, 15) is 4.79 Å². The Balaban J connectivity index is 2.11. The minimum atomic E-state index is -0.298. The average molecular weight is 377 g/mol. The zero-order chi connectivity index (χ0) is 15.7. The molecular weight excluding hydrogens is 364 g/mol. The van der Waals surface area contributed by atoms with E-state index in [1.165, 1.54) is 11.3 Å². The van der Waals surface area contributed by atoms with Crippen molar-refractivity contribution in [2.45, 2.75) is 0 Å². The molecule has 0 aliphatic carbocycles. The van der Waals surface area contributed by atoms with E-state index in [2.05, 4.69) is 20.9 Å². The second kappa shape index (κ2) is 6.06. The fourth-order valence-electron chi connectivity index (χ4n) is 2.13. The van der Waals surface area contributed by atoms with E-state index in [1.807, 2.05) is 35.9 Å². The molecular formula is C16H13BrN2O2S. The number of amides is 1. The number of halogens is 1. The third kappa shape index (κ3) is 2.71. The van der Waals surface area contributed by atoms with E-state index in [0.717, 1.165) is 10.2 Å². The number of benzene rings is 2. The molecule has 0 aliphatic rings. The Labute approximate surface area is 139 Å². The molecule has 1 aromatic heterocycles. The quantitative estimate of drug-likeness (QED) is 0.683. The van der Waals surface area contributed by atoms with E-state index in [4.69, 9.17) is 4.74 Å². The maximum Gasteiger partial charge on any atom is 0.280 e. The van der Waals surface area contributed by atoms with Crippen molar-refractivity contribution in [3.63, 3.8) is 0 Å². The second-order valence-electron chi connectivity index (χ2n) is 4.67. The first-order valence-electron chi connectivity index (χ1n) is 6.57. The number of carbonyl (C=O) groups excluding carboxylic acids is 1. The van der Waals surface area contributed by atoms with Gasteiger partial charge in [-0.3, -0.25) is 4.79 Å². The van der Waals surface area contributed by atoms with Crippen LogP contribution in [-0.2, 0) is 7.05 Å². The summed E-state index contributed by atoms with van der Waals surface area (Å²) < 4.78 is 8.89. The summed E-state index contributed by atoms with van der Waals surface area (Å²) >= 11 is 4.88. The highest BCUT2D eigenvalue weighted by atomic mass is 79.9. The Morgan fingerprint density at radius 2 is 2.05 bits per heavy atom. The van der Waals surface area contributed by atoms with Crippen molar-refractivity contribution in [2.75, 3.05) is 7.11 Å². The molecule has 3 aromatic rings. The minimum Gasteiger partial charge on any atom is -0.497 e. The van der Waals surface area contributed by atoms with Gasteiger partial charge in [0.2, 0.25) is 0 Å². The molecule has 2 aromatic carbocycles. The molecule has 1 heterocycles. The molecule has 0 bridgehead atoms. The van der Waals surface area contributed by atoms with Gasteiger partial charge in [0.15, 0.2) is 4.80 Å². The molecule has 3 rings (SSSR count). The number of ether oxygens (including phenoxy) is 1. The topological polar surface area (TPSA) is 43.6 Å². The van der Waals surface area contributed by atoms with Gasteiger partial charge in [0, 0.05) is 11.5 Å². The molecule has 0 atom stereocenters. The van der Waals surface area contributed by atoms with Crippen LogP contribution in [-0.4, -0.2) is 17.6 Å². The number of aryl methyl sites for hydroxylation is 1. The van der Waals surface area contributed by atoms with Crippen LogP contribution in [0.1, 0.15) is 10.4 Å². The number of para-hydroxylation sites is 1. The van der Waals surface area contributed by atoms with Gasteiger partial charge >= 0.3 is 0 Å². The van der Waals surface area contributed by atoms with Crippen molar-refractivity contribution in [2.24, 2.45) is 12.0 Å². The van der Waals surface area contributed by atoms with Crippen molar-refractivity contribution in [3.8, 4) is 5.75 Å². The predicted octanol–water partition coefficient (Wildman–Crippen LogP) is 3.75. The van der Waals surface area contributed by atoms with E-state index >= 15 is 0 Å². The van der Waals surface area contributed by atoms with Crippen LogP contribution in [0.25, 0.3) is 10.2 Å². The third-order valence-electron chi connectivity index (χ3n) is 3.32. The third-order valence-corrected chi connectivity index (χ3v) is 5.12. The molecule has 112 valence electrons. The van der Waals surface area contributed by atoms with Gasteiger partial charge in [-0.25, -0.2) is 0 Å². The fourth-order valence-corrected chi connectivity index (χ4v) is 3.56. The van der Waals surface area contributed by atoms with Crippen LogP contribution in [0.15, 0.2) is 51.9 Å². The maximum absolute atomic E-state index is 12.5. The maximum atomic E-state index is 12.5. The molecule has 0 unspecified atom stereocenters. The standard InChI is InChI=1S/C16H13BrN2O2S/c1-19-13-5-3-4-6-14(13)22-16(19)18-15(20)11-9-10(21-2)7-8-12(11)17/h3-9H,1-2H3. The summed E-state index contributed by atoms with van der Waals surface area (Å²) in [5.74, 6) is 0.329. The smallest absolute Gasteiger partial charge is 0.280 e. The van der Waals surface area contributed by atoms with Crippen LogP contribution in [0.2, 0.25) is 0 Å². The number of hydrogen-bond donors (Lipinski definition) is 0. The monoisotopic (exact) mass is 376 g/mol. The Bertz CT molecular complexity index is 927. The summed E-state index contributed by atoms with van der Waals surface area (Å²) in [7, 11) is 3.48. The Hall–Kier alpha value is -1.92. The molecule has 0 radical (unpaired) electrons. The van der Waals surface area contributed by atoms with Crippen LogP contribution >= 0.6 is 27.3 Å². The number of thiazole rings is 1. The lowest BCUT2D eigenvalue weighted by molar-refractivity contribution is 0.0997. The van der Waals surface area contributed by atoms with Crippen molar-refractivity contribution in [3.05, 3.63) is 57.3 Å². The molecule has 0 spiro atoms. The largest absolute Gasteiger partial charge is 0.497 e. The predicted molar refractivity (Wildman–Crippen MR) is 91.4 cm³/mol. The first kappa shape index (κ1) is 15.0. The zero-order valence-electron chi connectivity index (χ0n) is 12.0. The van der Waals surface area contributed by atoms with Crippen LogP contribution in [0, 0.1) is 0 Å². The summed E-state index contributed by atoms with van der Waals surface area (Å²) in [6.07, 6.45) is 0. The van der Waals surface area contributed by atoms with Crippen LogP contribution in [0.4, 0.5) is 0 Å². The molecule has 22 heavy (non-hydrogen) atoms. The van der Waals surface area contributed by atoms with E-state index in [1.54, 1.807) is 25.3 Å². The number of methoxy groups -OCH3 is 1. The minimum absolute atomic E-state index is 0.298. The Kier molecular flexibility index (Phi) is 4.13. The molecule has 6 heteroatoms. The molecule has 4 nitrogen and oxygen atoms in total. The lowest BCUT2D eigenvalue weighted by Gasteiger charge is -2.03. The lowest BCUT2D eigenvalue weighted by atomic mass is 10.2. The Morgan fingerprint density at radius 1 is 1.27 bits per heavy atom. The number of carbonyl (C=O) groups is 1. The SMILES string of the molecule is COc1ccc(Br)c(C(=O)N=c2sc3ccccc3n2C)c1. The van der Waals surface area contributed by atoms with Gasteiger partial charge in [-0.15, -0.1) is 0 Å². The molecule has 0 fully saturated rings. The van der Waals surface area contributed by atoms with E-state index in [0.29, 0.717) is 20.6 Å². The van der Waals surface area contributed by atoms with Crippen molar-refractivity contribution >= 4 is 43.4 Å². The second-order valence-corrected chi connectivity index (χ2v) is 6.54. The van der Waals surface area contributed by atoms with Crippen LogP contribution in [0.3, 0.4) is 0 Å². The first-order valence-corrected chi connectivity index (χ1v) is 8.18. The van der Waals surface area contributed by atoms with Crippen molar-refractivity contribution < 1.29 is 9.53 Å². The summed E-state index contributed by atoms with van der Waals surface area (Å²) in [4.78, 5) is 17.4. The molecule has 0 aliphatic heterocycles. The lowest BCUT2D eigenvalue weighted by Crippen LogP contribution is -2.13. The van der Waals surface area contributed by atoms with Crippen molar-refractivity contribution in [1.82, 2.24) is 4.57 Å². The number of nitrogens with zero attached hydrogens (tertiary/aromatic N) is 2. The molecule has 1 amide bonds. The summed E-state index contributed by atoms with van der Waals surface area (Å²) in [5.41, 5.74) is 1.54. The zero-order valence-corrected chi connectivity index (χ0v) is 14.4. The van der Waals surface area contributed by atoms with Gasteiger partial charge in [0.25, 0.3) is 5.91 Å². The highest BCUT2D eigenvalue weighted by Crippen LogP contribution is 2.23. The van der Waals surface area contributed by atoms with Gasteiger partial charge < -0.3 is 9.30 Å². The van der Waals surface area contributed by atoms with Gasteiger partial charge in [0.05, 0.1) is 22.9 Å². The van der Waals surface area contributed by atoms with Crippen molar-refractivity contribution in [1.29, 1.82) is 0 Å². The number of rotatable bonds is 2. The van der Waals surface area contributed by atoms with Gasteiger partial charge in [-0.05, 0) is 46.3 Å². The normalized spacial score (nSPS) is 11.9.